The molecule has 4 rings (SSSR count). The largest absolute Gasteiger partial charge is 0.497 e. The molecule has 0 fully saturated rings. The topological polar surface area (TPSA) is 122 Å². The summed E-state index contributed by atoms with van der Waals surface area (Å²) in [5, 5.41) is 22.2. The minimum atomic E-state index is -1.08. The lowest BCUT2D eigenvalue weighted by atomic mass is 9.98. The Labute approximate surface area is 236 Å². The molecule has 1 heterocycles. The number of benzene rings is 3. The molecule has 0 saturated heterocycles. The summed E-state index contributed by atoms with van der Waals surface area (Å²) in [6, 6.07) is 25.1. The summed E-state index contributed by atoms with van der Waals surface area (Å²) >= 11 is 1.18. The Hall–Kier alpha value is -4.81. The van der Waals surface area contributed by atoms with Gasteiger partial charge in [-0.1, -0.05) is 55.1 Å². The van der Waals surface area contributed by atoms with Gasteiger partial charge in [-0.2, -0.15) is 5.26 Å². The average molecular weight is 554 g/mol. The van der Waals surface area contributed by atoms with Crippen LogP contribution in [0.5, 0.6) is 11.5 Å². The number of anilines is 1. The van der Waals surface area contributed by atoms with Crippen molar-refractivity contribution in [1.82, 2.24) is 4.98 Å². The second-order valence-corrected chi connectivity index (χ2v) is 9.86. The van der Waals surface area contributed by atoms with Crippen LogP contribution in [0.3, 0.4) is 0 Å². The van der Waals surface area contributed by atoms with Gasteiger partial charge >= 0.3 is 5.97 Å². The highest BCUT2D eigenvalue weighted by atomic mass is 32.2. The molecule has 202 valence electrons. The van der Waals surface area contributed by atoms with Gasteiger partial charge in [0.05, 0.1) is 36.3 Å². The number of nitrogens with zero attached hydrogens (tertiary/aromatic N) is 2. The quantitative estimate of drug-likeness (QED) is 0.213. The van der Waals surface area contributed by atoms with Crippen molar-refractivity contribution in [3.63, 3.8) is 0 Å². The van der Waals surface area contributed by atoms with E-state index in [9.17, 15) is 20.0 Å². The van der Waals surface area contributed by atoms with Gasteiger partial charge in [0, 0.05) is 22.4 Å². The number of pyridine rings is 1. The number of nitriles is 1. The molecule has 9 heteroatoms. The highest BCUT2D eigenvalue weighted by Gasteiger charge is 2.25. The fourth-order valence-corrected chi connectivity index (χ4v) is 5.15. The van der Waals surface area contributed by atoms with Crippen molar-refractivity contribution < 1.29 is 24.2 Å². The third-order valence-corrected chi connectivity index (χ3v) is 7.51. The van der Waals surface area contributed by atoms with E-state index in [1.807, 2.05) is 43.3 Å². The summed E-state index contributed by atoms with van der Waals surface area (Å²) in [5.74, 6) is -0.257. The smallest absolute Gasteiger partial charge is 0.335 e. The highest BCUT2D eigenvalue weighted by molar-refractivity contribution is 8.00. The molecule has 1 unspecified atom stereocenters. The number of carboxylic acid groups (broad SMARTS) is 1. The summed E-state index contributed by atoms with van der Waals surface area (Å²) in [4.78, 5) is 29.5. The van der Waals surface area contributed by atoms with Crippen LogP contribution in [-0.2, 0) is 4.79 Å². The number of thioether (sulfide) groups is 1. The van der Waals surface area contributed by atoms with Gasteiger partial charge in [0.2, 0.25) is 5.91 Å². The predicted molar refractivity (Wildman–Crippen MR) is 155 cm³/mol. The molecule has 0 aliphatic rings. The Morgan fingerprint density at radius 3 is 2.42 bits per heavy atom. The number of carboxylic acids is 1. The van der Waals surface area contributed by atoms with Crippen LogP contribution in [0, 0.1) is 11.3 Å². The molecule has 0 aliphatic heterocycles. The molecular weight excluding hydrogens is 526 g/mol. The van der Waals surface area contributed by atoms with Crippen LogP contribution in [0.2, 0.25) is 0 Å². The summed E-state index contributed by atoms with van der Waals surface area (Å²) in [6.45, 7) is 1.87. The van der Waals surface area contributed by atoms with E-state index >= 15 is 0 Å². The van der Waals surface area contributed by atoms with Crippen LogP contribution in [-0.4, -0.2) is 41.4 Å². The van der Waals surface area contributed by atoms with Gasteiger partial charge in [0.25, 0.3) is 0 Å². The first-order valence-electron chi connectivity index (χ1n) is 12.4. The number of methoxy groups -OCH3 is 2. The molecule has 3 aromatic carbocycles. The van der Waals surface area contributed by atoms with Crippen molar-refractivity contribution in [1.29, 1.82) is 5.26 Å². The maximum Gasteiger partial charge on any atom is 0.335 e. The van der Waals surface area contributed by atoms with Gasteiger partial charge in [-0.3, -0.25) is 4.79 Å². The lowest BCUT2D eigenvalue weighted by molar-refractivity contribution is -0.115. The van der Waals surface area contributed by atoms with Gasteiger partial charge in [-0.05, 0) is 48.9 Å². The first-order valence-corrected chi connectivity index (χ1v) is 13.3. The molecule has 0 saturated carbocycles. The molecule has 2 N–H and O–H groups in total. The van der Waals surface area contributed by atoms with E-state index < -0.39 is 11.2 Å². The van der Waals surface area contributed by atoms with E-state index in [1.165, 1.54) is 23.9 Å². The van der Waals surface area contributed by atoms with Gasteiger partial charge in [0.1, 0.15) is 22.6 Å². The SMILES string of the molecule is CCC(Sc1nc(-c2ccccc2)cc(-c2cc(OC)ccc2OC)c1C#N)C(=O)Nc1cccc(C(=O)O)c1. The van der Waals surface area contributed by atoms with E-state index in [2.05, 4.69) is 11.4 Å². The average Bonchev–Trinajstić information content (AvgIpc) is 2.99. The van der Waals surface area contributed by atoms with Crippen LogP contribution in [0.1, 0.15) is 29.3 Å². The van der Waals surface area contributed by atoms with Gasteiger partial charge in [-0.15, -0.1) is 0 Å². The molecule has 0 radical (unpaired) electrons. The first kappa shape index (κ1) is 28.2. The summed E-state index contributed by atoms with van der Waals surface area (Å²) < 4.78 is 11.1. The Bertz CT molecular complexity index is 1580. The minimum absolute atomic E-state index is 0.0689. The number of hydrogen-bond donors (Lipinski definition) is 2. The van der Waals surface area contributed by atoms with E-state index in [0.717, 1.165) is 5.56 Å². The zero-order chi connectivity index (χ0) is 28.6. The number of nitrogens with one attached hydrogen (secondary N) is 1. The normalized spacial score (nSPS) is 11.2. The number of amides is 1. The van der Waals surface area contributed by atoms with Crippen molar-refractivity contribution in [3.05, 3.63) is 90.0 Å². The third-order valence-electron chi connectivity index (χ3n) is 6.16. The fourth-order valence-electron chi connectivity index (χ4n) is 4.12. The number of rotatable bonds is 10. The Kier molecular flexibility index (Phi) is 9.04. The number of ether oxygens (including phenoxy) is 2. The van der Waals surface area contributed by atoms with Crippen molar-refractivity contribution in [2.45, 2.75) is 23.6 Å². The molecule has 1 aromatic heterocycles. The molecule has 0 spiro atoms. The number of aromatic nitrogens is 1. The lowest BCUT2D eigenvalue weighted by Gasteiger charge is -2.18. The summed E-state index contributed by atoms with van der Waals surface area (Å²) in [7, 11) is 3.12. The highest BCUT2D eigenvalue weighted by Crippen LogP contribution is 2.41. The standard InChI is InChI=1S/C31H27N3O5S/c1-4-28(29(35)33-21-12-8-11-20(15-21)31(36)37)40-30-25(18-32)23(17-26(34-30)19-9-6-5-7-10-19)24-16-22(38-2)13-14-27(24)39-3/h5-17,28H,4H2,1-3H3,(H,33,35)(H,36,37). The second kappa shape index (κ2) is 12.8. The van der Waals surface area contributed by atoms with Crippen LogP contribution in [0.25, 0.3) is 22.4 Å². The zero-order valence-electron chi connectivity index (χ0n) is 22.2. The number of hydrogen-bond acceptors (Lipinski definition) is 7. The Morgan fingerprint density at radius 2 is 1.77 bits per heavy atom. The molecule has 40 heavy (non-hydrogen) atoms. The number of carbonyl (C=O) groups is 2. The third kappa shape index (κ3) is 6.25. The van der Waals surface area contributed by atoms with Crippen LogP contribution < -0.4 is 14.8 Å². The number of carbonyl (C=O) groups excluding carboxylic acids is 1. The van der Waals surface area contributed by atoms with Crippen molar-refractivity contribution in [3.8, 4) is 40.0 Å². The Morgan fingerprint density at radius 1 is 1.00 bits per heavy atom. The summed E-state index contributed by atoms with van der Waals surface area (Å²) in [5.41, 5.74) is 3.47. The van der Waals surface area contributed by atoms with Crippen LogP contribution in [0.4, 0.5) is 5.69 Å². The van der Waals surface area contributed by atoms with Crippen LogP contribution >= 0.6 is 11.8 Å². The van der Waals surface area contributed by atoms with Crippen molar-refractivity contribution in [2.75, 3.05) is 19.5 Å². The van der Waals surface area contributed by atoms with E-state index in [-0.39, 0.29) is 11.5 Å². The lowest BCUT2D eigenvalue weighted by Crippen LogP contribution is -2.25. The zero-order valence-corrected chi connectivity index (χ0v) is 23.0. The second-order valence-electron chi connectivity index (χ2n) is 8.67. The number of aromatic carboxylic acids is 1. The maximum absolute atomic E-state index is 13.3. The van der Waals surface area contributed by atoms with Gasteiger partial charge in [0.15, 0.2) is 0 Å². The molecule has 1 amide bonds. The fraction of sp³-hybridized carbons (Fsp3) is 0.161. The first-order chi connectivity index (χ1) is 19.4. The van der Waals surface area contributed by atoms with Crippen molar-refractivity contribution in [2.24, 2.45) is 0 Å². The molecule has 1 atom stereocenters. The van der Waals surface area contributed by atoms with E-state index in [1.54, 1.807) is 44.6 Å². The molecule has 4 aromatic rings. The molecular formula is C31H27N3O5S. The summed E-state index contributed by atoms with van der Waals surface area (Å²) in [6.07, 6.45) is 0.440. The van der Waals surface area contributed by atoms with Crippen LogP contribution in [0.15, 0.2) is 83.9 Å². The van der Waals surface area contributed by atoms with E-state index in [4.69, 9.17) is 14.5 Å². The van der Waals surface area contributed by atoms with Gasteiger partial charge in [-0.25, -0.2) is 9.78 Å². The monoisotopic (exact) mass is 553 g/mol. The van der Waals surface area contributed by atoms with E-state index in [0.29, 0.717) is 51.0 Å². The Balaban J connectivity index is 1.80. The van der Waals surface area contributed by atoms with Crippen molar-refractivity contribution >= 4 is 29.3 Å². The van der Waals surface area contributed by atoms with Gasteiger partial charge < -0.3 is 19.9 Å². The molecule has 8 nitrogen and oxygen atoms in total. The molecule has 0 aliphatic carbocycles. The predicted octanol–water partition coefficient (Wildman–Crippen LogP) is 6.51. The maximum atomic E-state index is 13.3. The molecule has 0 bridgehead atoms. The minimum Gasteiger partial charge on any atom is -0.497 e.